The Morgan fingerprint density at radius 2 is 1.79 bits per heavy atom. The lowest BCUT2D eigenvalue weighted by Crippen LogP contribution is -2.36. The monoisotopic (exact) mass is 473 g/mol. The highest BCUT2D eigenvalue weighted by Gasteiger charge is 2.42. The van der Waals surface area contributed by atoms with Crippen LogP contribution in [0.15, 0.2) is 71.1 Å². The molecule has 0 spiro atoms. The highest BCUT2D eigenvalue weighted by molar-refractivity contribution is 6.04. The van der Waals surface area contributed by atoms with E-state index >= 15 is 0 Å². The topological polar surface area (TPSA) is 55.4 Å². The molecule has 2 atom stereocenters. The van der Waals surface area contributed by atoms with E-state index in [1.54, 1.807) is 26.0 Å². The maximum Gasteiger partial charge on any atom is 0.416 e. The smallest absolute Gasteiger partial charge is 0.416 e. The van der Waals surface area contributed by atoms with Crippen molar-refractivity contribution in [2.45, 2.75) is 44.7 Å². The summed E-state index contributed by atoms with van der Waals surface area (Å²) in [5.41, 5.74) is 1.49. The van der Waals surface area contributed by atoms with Gasteiger partial charge in [-0.05, 0) is 55.5 Å². The molecule has 1 aliphatic heterocycles. The number of alkyl halides is 3. The summed E-state index contributed by atoms with van der Waals surface area (Å²) in [5.74, 6) is -2.56. The van der Waals surface area contributed by atoms with E-state index in [0.717, 1.165) is 17.7 Å². The third-order valence-corrected chi connectivity index (χ3v) is 6.21. The van der Waals surface area contributed by atoms with Gasteiger partial charge in [-0.1, -0.05) is 30.3 Å². The van der Waals surface area contributed by atoms with Crippen molar-refractivity contribution in [2.24, 2.45) is 0 Å². The molecule has 0 bridgehead atoms. The first-order valence-corrected chi connectivity index (χ1v) is 10.9. The number of carbonyl (C=O) groups is 2. The Balaban J connectivity index is 1.82. The van der Waals surface area contributed by atoms with Crippen molar-refractivity contribution < 1.29 is 31.9 Å². The molecule has 2 aliphatic rings. The molecule has 0 radical (unpaired) electrons. The van der Waals surface area contributed by atoms with Crippen LogP contribution < -0.4 is 5.32 Å². The molecule has 1 N–H and O–H groups in total. The molecule has 1 aliphatic carbocycles. The fourth-order valence-corrected chi connectivity index (χ4v) is 4.72. The lowest BCUT2D eigenvalue weighted by atomic mass is 9.71. The van der Waals surface area contributed by atoms with Crippen LogP contribution in [0.25, 0.3) is 0 Å². The first-order chi connectivity index (χ1) is 16.1. The maximum absolute atomic E-state index is 13.4. The number of ketones is 1. The van der Waals surface area contributed by atoms with Crippen molar-refractivity contribution in [3.8, 4) is 0 Å². The van der Waals surface area contributed by atoms with E-state index < -0.39 is 23.6 Å². The van der Waals surface area contributed by atoms with Crippen molar-refractivity contribution in [2.75, 3.05) is 6.61 Å². The summed E-state index contributed by atoms with van der Waals surface area (Å²) in [5, 5.41) is 3.14. The number of benzene rings is 2. The number of halogens is 4. The van der Waals surface area contributed by atoms with Gasteiger partial charge in [0, 0.05) is 29.3 Å². The molecule has 1 heterocycles. The molecule has 8 heteroatoms. The van der Waals surface area contributed by atoms with Gasteiger partial charge in [0.05, 0.1) is 17.7 Å². The van der Waals surface area contributed by atoms with Crippen LogP contribution in [-0.4, -0.2) is 18.4 Å². The largest absolute Gasteiger partial charge is 0.463 e. The highest BCUT2D eigenvalue weighted by Crippen LogP contribution is 2.46. The fourth-order valence-electron chi connectivity index (χ4n) is 4.72. The summed E-state index contributed by atoms with van der Waals surface area (Å²) in [6.45, 7) is 3.35. The number of hydrogen-bond donors (Lipinski definition) is 1. The van der Waals surface area contributed by atoms with Gasteiger partial charge in [0.2, 0.25) is 0 Å². The van der Waals surface area contributed by atoms with E-state index in [0.29, 0.717) is 17.8 Å². The summed E-state index contributed by atoms with van der Waals surface area (Å²) in [7, 11) is 0. The normalized spacial score (nSPS) is 20.7. The molecule has 0 unspecified atom stereocenters. The second-order valence-corrected chi connectivity index (χ2v) is 8.41. The molecule has 2 aromatic rings. The van der Waals surface area contributed by atoms with Gasteiger partial charge in [-0.3, -0.25) is 4.79 Å². The average Bonchev–Trinajstić information content (AvgIpc) is 2.78. The molecule has 2 aromatic carbocycles. The minimum atomic E-state index is -4.58. The van der Waals surface area contributed by atoms with Crippen molar-refractivity contribution in [3.63, 3.8) is 0 Å². The zero-order chi connectivity index (χ0) is 24.6. The molecule has 178 valence electrons. The van der Waals surface area contributed by atoms with Crippen molar-refractivity contribution in [1.82, 2.24) is 5.32 Å². The lowest BCUT2D eigenvalue weighted by Gasteiger charge is -2.36. The Morgan fingerprint density at radius 3 is 2.44 bits per heavy atom. The van der Waals surface area contributed by atoms with Crippen molar-refractivity contribution in [1.29, 1.82) is 0 Å². The summed E-state index contributed by atoms with van der Waals surface area (Å²) >= 11 is 0. The number of allylic oxidation sites excluding steroid dienone is 3. The van der Waals surface area contributed by atoms with E-state index in [-0.39, 0.29) is 47.3 Å². The lowest BCUT2D eigenvalue weighted by molar-refractivity contribution is -0.139. The van der Waals surface area contributed by atoms with Gasteiger partial charge in [-0.2, -0.15) is 13.2 Å². The third-order valence-electron chi connectivity index (χ3n) is 6.21. The first-order valence-electron chi connectivity index (χ1n) is 10.9. The van der Waals surface area contributed by atoms with Crippen molar-refractivity contribution >= 4 is 11.8 Å². The predicted octanol–water partition coefficient (Wildman–Crippen LogP) is 5.77. The first kappa shape index (κ1) is 23.7. The van der Waals surface area contributed by atoms with Crippen LogP contribution >= 0.6 is 0 Å². The number of carbonyl (C=O) groups excluding carboxylic acids is 2. The molecule has 0 amide bonds. The molecule has 4 nitrogen and oxygen atoms in total. The second kappa shape index (κ2) is 9.08. The average molecular weight is 473 g/mol. The molecule has 0 aromatic heterocycles. The SMILES string of the molecule is CCOC(=O)C1=C(C)NC2=C(C(=O)C[C@@H](c3ccc(F)cc3)C2)[C@@H]1c1cccc(C(F)(F)F)c1. The van der Waals surface area contributed by atoms with E-state index in [2.05, 4.69) is 5.32 Å². The van der Waals surface area contributed by atoms with Crippen molar-refractivity contribution in [3.05, 3.63) is 93.6 Å². The summed E-state index contributed by atoms with van der Waals surface area (Å²) < 4.78 is 58.9. The fraction of sp³-hybridized carbons (Fsp3) is 0.308. The zero-order valence-electron chi connectivity index (χ0n) is 18.6. The Hall–Kier alpha value is -3.42. The van der Waals surface area contributed by atoms with E-state index in [9.17, 15) is 27.2 Å². The quantitative estimate of drug-likeness (QED) is 0.453. The van der Waals surface area contributed by atoms with E-state index in [4.69, 9.17) is 4.74 Å². The number of ether oxygens (including phenoxy) is 1. The third kappa shape index (κ3) is 4.49. The summed E-state index contributed by atoms with van der Waals surface area (Å²) in [6, 6.07) is 10.6. The number of esters is 1. The Bertz CT molecular complexity index is 1200. The Kier molecular flexibility index (Phi) is 6.34. The van der Waals surface area contributed by atoms with Crippen LogP contribution in [0.4, 0.5) is 17.6 Å². The standard InChI is InChI=1S/C26H23F4NO3/c1-3-34-25(33)22-14(2)31-20-12-17(15-7-9-19(27)10-8-15)13-21(32)24(20)23(22)16-5-4-6-18(11-16)26(28,29)30/h4-11,17,23,31H,3,12-13H2,1-2H3/t17-,23+/m0/s1. The van der Waals surface area contributed by atoms with E-state index in [1.165, 1.54) is 24.3 Å². The van der Waals surface area contributed by atoms with Crippen LogP contribution in [-0.2, 0) is 20.5 Å². The molecular formula is C26H23F4NO3. The number of rotatable bonds is 4. The van der Waals surface area contributed by atoms with Gasteiger partial charge >= 0.3 is 12.1 Å². The maximum atomic E-state index is 13.4. The minimum absolute atomic E-state index is 0.0808. The molecule has 34 heavy (non-hydrogen) atoms. The van der Waals surface area contributed by atoms with Gasteiger partial charge in [0.1, 0.15) is 5.82 Å². The predicted molar refractivity (Wildman–Crippen MR) is 117 cm³/mol. The minimum Gasteiger partial charge on any atom is -0.463 e. The number of Topliss-reactive ketones (excluding diaryl/α,β-unsaturated/α-hetero) is 1. The summed E-state index contributed by atoms with van der Waals surface area (Å²) in [6.07, 6.45) is -4.08. The van der Waals surface area contributed by atoms with Crippen LogP contribution in [0.1, 0.15) is 55.2 Å². The van der Waals surface area contributed by atoms with Gasteiger partial charge < -0.3 is 10.1 Å². The Labute approximate surface area is 194 Å². The molecular weight excluding hydrogens is 450 g/mol. The van der Waals surface area contributed by atoms with Gasteiger partial charge in [-0.15, -0.1) is 0 Å². The molecule has 0 saturated carbocycles. The van der Waals surface area contributed by atoms with Gasteiger partial charge in [-0.25, -0.2) is 9.18 Å². The van der Waals surface area contributed by atoms with Crippen LogP contribution in [0, 0.1) is 5.82 Å². The van der Waals surface area contributed by atoms with Gasteiger partial charge in [0.25, 0.3) is 0 Å². The van der Waals surface area contributed by atoms with Crippen LogP contribution in [0.2, 0.25) is 0 Å². The number of dihydropyridines is 1. The van der Waals surface area contributed by atoms with Crippen LogP contribution in [0.3, 0.4) is 0 Å². The Morgan fingerprint density at radius 1 is 1.09 bits per heavy atom. The molecule has 4 rings (SSSR count). The number of hydrogen-bond acceptors (Lipinski definition) is 4. The van der Waals surface area contributed by atoms with Crippen LogP contribution in [0.5, 0.6) is 0 Å². The molecule has 0 saturated heterocycles. The van der Waals surface area contributed by atoms with Gasteiger partial charge in [0.15, 0.2) is 5.78 Å². The second-order valence-electron chi connectivity index (χ2n) is 8.41. The number of nitrogens with one attached hydrogen (secondary N) is 1. The van der Waals surface area contributed by atoms with E-state index in [1.807, 2.05) is 0 Å². The summed E-state index contributed by atoms with van der Waals surface area (Å²) in [4.78, 5) is 26.3. The zero-order valence-corrected chi connectivity index (χ0v) is 18.6. The molecule has 0 fully saturated rings. The highest BCUT2D eigenvalue weighted by atomic mass is 19.4.